The van der Waals surface area contributed by atoms with Gasteiger partial charge in [-0.05, 0) is 54.2 Å². The van der Waals surface area contributed by atoms with Crippen LogP contribution in [0.15, 0.2) is 83.3 Å². The SMILES string of the molecule is C=C(C)c1cccc(CC)c1.C=C(N=C(OC)C1=NCC(C)=C1)c1ccc(C2(F)CCOCC2)cc1.CC. The van der Waals surface area contributed by atoms with Crippen LogP contribution in [0.5, 0.6) is 0 Å². The van der Waals surface area contributed by atoms with Crippen LogP contribution >= 0.6 is 0 Å². The number of allylic oxidation sites excluding steroid dienone is 1. The Morgan fingerprint density at radius 2 is 1.74 bits per heavy atom. The van der Waals surface area contributed by atoms with Gasteiger partial charge in [0.15, 0.2) is 0 Å². The van der Waals surface area contributed by atoms with Gasteiger partial charge in [-0.1, -0.05) is 88.0 Å². The molecule has 0 radical (unpaired) electrons. The van der Waals surface area contributed by atoms with Gasteiger partial charge in [0, 0.05) is 26.1 Å². The first-order chi connectivity index (χ1) is 18.3. The molecule has 0 amide bonds. The molecule has 2 aromatic carbocycles. The van der Waals surface area contributed by atoms with Crippen LogP contribution in [0.3, 0.4) is 0 Å². The molecule has 2 heterocycles. The summed E-state index contributed by atoms with van der Waals surface area (Å²) in [6.45, 7) is 19.7. The quantitative estimate of drug-likeness (QED) is 0.285. The predicted molar refractivity (Wildman–Crippen MR) is 161 cm³/mol. The van der Waals surface area contributed by atoms with Gasteiger partial charge < -0.3 is 9.47 Å². The Morgan fingerprint density at radius 3 is 2.26 bits per heavy atom. The summed E-state index contributed by atoms with van der Waals surface area (Å²) in [7, 11) is 1.57. The highest BCUT2D eigenvalue weighted by Crippen LogP contribution is 2.36. The summed E-state index contributed by atoms with van der Waals surface area (Å²) in [5.74, 6) is 0.442. The number of hydrogen-bond acceptors (Lipinski definition) is 4. The Labute approximate surface area is 228 Å². The van der Waals surface area contributed by atoms with Crippen LogP contribution in [0.4, 0.5) is 4.39 Å². The lowest BCUT2D eigenvalue weighted by molar-refractivity contribution is -0.0114. The number of alkyl halides is 1. The van der Waals surface area contributed by atoms with Crippen LogP contribution in [-0.2, 0) is 21.6 Å². The number of aliphatic imine (C=N–C) groups is 2. The normalized spacial score (nSPS) is 16.1. The third-order valence-electron chi connectivity index (χ3n) is 6.38. The van der Waals surface area contributed by atoms with E-state index in [0.717, 1.165) is 23.3 Å². The van der Waals surface area contributed by atoms with Crippen LogP contribution in [-0.4, -0.2) is 38.5 Å². The molecule has 1 fully saturated rings. The zero-order valence-electron chi connectivity index (χ0n) is 23.9. The molecule has 0 saturated carbocycles. The monoisotopic (exact) mass is 518 g/mol. The smallest absolute Gasteiger partial charge is 0.239 e. The van der Waals surface area contributed by atoms with E-state index >= 15 is 0 Å². The van der Waals surface area contributed by atoms with Gasteiger partial charge in [-0.3, -0.25) is 4.99 Å². The second-order valence-corrected chi connectivity index (χ2v) is 9.25. The van der Waals surface area contributed by atoms with E-state index in [1.165, 1.54) is 16.7 Å². The minimum atomic E-state index is -1.31. The van der Waals surface area contributed by atoms with E-state index in [-0.39, 0.29) is 0 Å². The Balaban J connectivity index is 0.000000327. The molecule has 5 heteroatoms. The van der Waals surface area contributed by atoms with Crippen molar-refractivity contribution in [3.63, 3.8) is 0 Å². The van der Waals surface area contributed by atoms with Crippen molar-refractivity contribution >= 4 is 22.9 Å². The second-order valence-electron chi connectivity index (χ2n) is 9.25. The largest absolute Gasteiger partial charge is 0.479 e. The number of rotatable bonds is 6. The van der Waals surface area contributed by atoms with Crippen molar-refractivity contribution in [2.45, 2.75) is 59.5 Å². The van der Waals surface area contributed by atoms with E-state index in [2.05, 4.69) is 54.3 Å². The molecule has 0 aliphatic carbocycles. The predicted octanol–water partition coefficient (Wildman–Crippen LogP) is 8.39. The second kappa shape index (κ2) is 15.2. The summed E-state index contributed by atoms with van der Waals surface area (Å²) in [5, 5.41) is 0. The summed E-state index contributed by atoms with van der Waals surface area (Å²) in [5.41, 5.74) is 6.43. The molecule has 1 saturated heterocycles. The summed E-state index contributed by atoms with van der Waals surface area (Å²) in [6, 6.07) is 15.8. The standard InChI is InChI=1S/C20H23FN2O2.C11H14.C2H6/c1-14-12-18(22-13-14)19(24-3)23-15(2)16-4-6-17(7-5-16)20(21)8-10-25-11-9-20;1-4-10-6-5-7-11(8-10)9(2)3;1-2/h4-7,12H,2,8-11,13H2,1,3H3;5-8H,2,4H2,1,3H3;1-2H3. The van der Waals surface area contributed by atoms with Gasteiger partial charge in [-0.2, -0.15) is 0 Å². The maximum Gasteiger partial charge on any atom is 0.239 e. The zero-order valence-corrected chi connectivity index (χ0v) is 23.9. The van der Waals surface area contributed by atoms with E-state index in [0.29, 0.717) is 49.8 Å². The summed E-state index contributed by atoms with van der Waals surface area (Å²) in [6.07, 6.45) is 3.84. The number of nitrogens with zero attached hydrogens (tertiary/aromatic N) is 2. The summed E-state index contributed by atoms with van der Waals surface area (Å²) < 4.78 is 25.6. The van der Waals surface area contributed by atoms with Crippen molar-refractivity contribution in [3.05, 3.63) is 95.6 Å². The highest BCUT2D eigenvalue weighted by molar-refractivity contribution is 6.44. The first-order valence-electron chi connectivity index (χ1n) is 13.4. The lowest BCUT2D eigenvalue weighted by Gasteiger charge is -2.30. The highest BCUT2D eigenvalue weighted by Gasteiger charge is 2.34. The molecule has 0 bridgehead atoms. The molecule has 204 valence electrons. The van der Waals surface area contributed by atoms with Gasteiger partial charge in [0.25, 0.3) is 0 Å². The maximum atomic E-state index is 15.0. The average Bonchev–Trinajstić information content (AvgIpc) is 3.39. The Bertz CT molecular complexity index is 1170. The van der Waals surface area contributed by atoms with Crippen molar-refractivity contribution in [3.8, 4) is 0 Å². The van der Waals surface area contributed by atoms with Crippen molar-refractivity contribution in [1.82, 2.24) is 0 Å². The third-order valence-corrected chi connectivity index (χ3v) is 6.38. The molecule has 0 N–H and O–H groups in total. The molecule has 38 heavy (non-hydrogen) atoms. The van der Waals surface area contributed by atoms with E-state index in [1.54, 1.807) is 7.11 Å². The van der Waals surface area contributed by atoms with E-state index < -0.39 is 5.67 Å². The van der Waals surface area contributed by atoms with E-state index in [4.69, 9.17) is 9.47 Å². The first-order valence-corrected chi connectivity index (χ1v) is 13.4. The highest BCUT2D eigenvalue weighted by atomic mass is 19.1. The maximum absolute atomic E-state index is 15.0. The number of methoxy groups -OCH3 is 1. The molecule has 0 atom stereocenters. The van der Waals surface area contributed by atoms with Crippen LogP contribution in [0.25, 0.3) is 11.3 Å². The number of ether oxygens (including phenoxy) is 2. The van der Waals surface area contributed by atoms with Gasteiger partial charge in [0.05, 0.1) is 19.4 Å². The van der Waals surface area contributed by atoms with Gasteiger partial charge in [0.2, 0.25) is 5.90 Å². The van der Waals surface area contributed by atoms with Crippen molar-refractivity contribution in [2.75, 3.05) is 26.9 Å². The van der Waals surface area contributed by atoms with Gasteiger partial charge in [-0.25, -0.2) is 9.38 Å². The molecule has 2 aliphatic heterocycles. The molecule has 4 nitrogen and oxygen atoms in total. The van der Waals surface area contributed by atoms with Crippen molar-refractivity contribution in [1.29, 1.82) is 0 Å². The zero-order chi connectivity index (χ0) is 28.1. The first kappa shape index (κ1) is 30.9. The Hall–Kier alpha value is -3.31. The fourth-order valence-electron chi connectivity index (χ4n) is 4.06. The van der Waals surface area contributed by atoms with E-state index in [1.807, 2.05) is 58.0 Å². The van der Waals surface area contributed by atoms with E-state index in [9.17, 15) is 4.39 Å². The molecule has 4 rings (SSSR count). The summed E-state index contributed by atoms with van der Waals surface area (Å²) >= 11 is 0. The molecule has 0 spiro atoms. The summed E-state index contributed by atoms with van der Waals surface area (Å²) in [4.78, 5) is 8.84. The Kier molecular flexibility index (Phi) is 12.4. The molecular weight excluding hydrogens is 475 g/mol. The number of aryl methyl sites for hydroxylation is 1. The van der Waals surface area contributed by atoms with Gasteiger partial charge in [0.1, 0.15) is 11.4 Å². The fraction of sp³-hybridized carbons (Fsp3) is 0.394. The number of halogens is 1. The van der Waals surface area contributed by atoms with Crippen LogP contribution in [0.1, 0.15) is 69.7 Å². The van der Waals surface area contributed by atoms with Gasteiger partial charge in [-0.15, -0.1) is 0 Å². The van der Waals surface area contributed by atoms with Crippen LogP contribution in [0.2, 0.25) is 0 Å². The van der Waals surface area contributed by atoms with Crippen LogP contribution < -0.4 is 0 Å². The Morgan fingerprint density at radius 1 is 1.08 bits per heavy atom. The van der Waals surface area contributed by atoms with Crippen molar-refractivity contribution < 1.29 is 13.9 Å². The lowest BCUT2D eigenvalue weighted by Crippen LogP contribution is -2.29. The fourth-order valence-corrected chi connectivity index (χ4v) is 4.06. The molecule has 2 aromatic rings. The van der Waals surface area contributed by atoms with Crippen LogP contribution in [0, 0.1) is 0 Å². The molecular formula is C33H43FN2O2. The number of benzene rings is 2. The average molecular weight is 519 g/mol. The number of hydrogen-bond donors (Lipinski definition) is 0. The lowest BCUT2D eigenvalue weighted by atomic mass is 9.88. The third kappa shape index (κ3) is 8.63. The van der Waals surface area contributed by atoms with Gasteiger partial charge >= 0.3 is 0 Å². The molecule has 2 aliphatic rings. The minimum absolute atomic E-state index is 0.394. The minimum Gasteiger partial charge on any atom is -0.479 e. The van der Waals surface area contributed by atoms with Crippen molar-refractivity contribution in [2.24, 2.45) is 9.98 Å². The topological polar surface area (TPSA) is 43.2 Å². The molecule has 0 unspecified atom stereocenters. The molecule has 0 aromatic heterocycles.